The topological polar surface area (TPSA) is 24.9 Å². The molecule has 17 heavy (non-hydrogen) atoms. The number of hydrogen-bond donors (Lipinski definition) is 1. The summed E-state index contributed by atoms with van der Waals surface area (Å²) in [6, 6.07) is 4.70. The number of aromatic nitrogens is 1. The van der Waals surface area contributed by atoms with E-state index >= 15 is 0 Å². The second-order valence-electron chi connectivity index (χ2n) is 5.88. The predicted octanol–water partition coefficient (Wildman–Crippen LogP) is 3.79. The summed E-state index contributed by atoms with van der Waals surface area (Å²) in [6.07, 6.45) is 1.16. The number of nitrogens with zero attached hydrogens (tertiary/aromatic N) is 1. The first-order chi connectivity index (χ1) is 7.86. The SMILES string of the molecule is CCCNC(c1ccc(C)nc1C)C(C)(C)C. The third kappa shape index (κ3) is 3.81. The first-order valence-corrected chi connectivity index (χ1v) is 6.53. The van der Waals surface area contributed by atoms with Gasteiger partial charge in [0.2, 0.25) is 0 Å². The molecule has 2 heteroatoms. The molecule has 1 aromatic heterocycles. The molecule has 1 unspecified atom stereocenters. The van der Waals surface area contributed by atoms with Crippen molar-refractivity contribution in [3.63, 3.8) is 0 Å². The molecule has 1 rings (SSSR count). The summed E-state index contributed by atoms with van der Waals surface area (Å²) in [6.45, 7) is 14.2. The molecule has 1 atom stereocenters. The molecule has 0 fully saturated rings. The Labute approximate surface area is 106 Å². The van der Waals surface area contributed by atoms with Crippen molar-refractivity contribution in [2.75, 3.05) is 6.54 Å². The maximum absolute atomic E-state index is 4.58. The maximum Gasteiger partial charge on any atom is 0.0423 e. The number of pyridine rings is 1. The van der Waals surface area contributed by atoms with E-state index in [1.807, 2.05) is 6.92 Å². The van der Waals surface area contributed by atoms with Gasteiger partial charge >= 0.3 is 0 Å². The van der Waals surface area contributed by atoms with Crippen LogP contribution in [0.1, 0.15) is 57.1 Å². The fourth-order valence-electron chi connectivity index (χ4n) is 2.17. The summed E-state index contributed by atoms with van der Waals surface area (Å²) < 4.78 is 0. The van der Waals surface area contributed by atoms with E-state index in [0.29, 0.717) is 6.04 Å². The molecule has 2 nitrogen and oxygen atoms in total. The molecule has 1 heterocycles. The van der Waals surface area contributed by atoms with Crippen LogP contribution < -0.4 is 5.32 Å². The molecule has 0 amide bonds. The average Bonchev–Trinajstić information content (AvgIpc) is 2.19. The van der Waals surface area contributed by atoms with Crippen LogP contribution in [0.5, 0.6) is 0 Å². The first-order valence-electron chi connectivity index (χ1n) is 6.53. The number of nitrogens with one attached hydrogen (secondary N) is 1. The van der Waals surface area contributed by atoms with Crippen molar-refractivity contribution in [3.05, 3.63) is 29.1 Å². The van der Waals surface area contributed by atoms with Gasteiger partial charge in [0.25, 0.3) is 0 Å². The van der Waals surface area contributed by atoms with Crippen molar-refractivity contribution in [2.45, 2.75) is 54.0 Å². The van der Waals surface area contributed by atoms with E-state index in [0.717, 1.165) is 24.4 Å². The van der Waals surface area contributed by atoms with Gasteiger partial charge in [-0.3, -0.25) is 4.98 Å². The third-order valence-corrected chi connectivity index (χ3v) is 3.04. The van der Waals surface area contributed by atoms with Gasteiger partial charge in [0.15, 0.2) is 0 Å². The third-order valence-electron chi connectivity index (χ3n) is 3.04. The highest BCUT2D eigenvalue weighted by Crippen LogP contribution is 2.33. The van der Waals surface area contributed by atoms with Gasteiger partial charge in [-0.25, -0.2) is 0 Å². The van der Waals surface area contributed by atoms with Gasteiger partial charge in [-0.2, -0.15) is 0 Å². The Balaban J connectivity index is 3.04. The van der Waals surface area contributed by atoms with E-state index in [9.17, 15) is 0 Å². The van der Waals surface area contributed by atoms with Crippen LogP contribution >= 0.6 is 0 Å². The standard InChI is InChI=1S/C15H26N2/c1-7-10-16-14(15(4,5)6)13-9-8-11(2)17-12(13)3/h8-9,14,16H,7,10H2,1-6H3. The highest BCUT2D eigenvalue weighted by Gasteiger charge is 2.27. The lowest BCUT2D eigenvalue weighted by atomic mass is 9.81. The molecule has 0 aromatic carbocycles. The molecule has 1 aromatic rings. The summed E-state index contributed by atoms with van der Waals surface area (Å²) in [4.78, 5) is 4.58. The van der Waals surface area contributed by atoms with Crippen molar-refractivity contribution >= 4 is 0 Å². The van der Waals surface area contributed by atoms with Crippen molar-refractivity contribution in [1.82, 2.24) is 10.3 Å². The van der Waals surface area contributed by atoms with Crippen LogP contribution in [0.25, 0.3) is 0 Å². The van der Waals surface area contributed by atoms with Crippen LogP contribution in [0.4, 0.5) is 0 Å². The van der Waals surface area contributed by atoms with Crippen LogP contribution in [-0.4, -0.2) is 11.5 Å². The van der Waals surface area contributed by atoms with Crippen LogP contribution in [0, 0.1) is 19.3 Å². The number of rotatable bonds is 4. The predicted molar refractivity (Wildman–Crippen MR) is 74.2 cm³/mol. The Bertz CT molecular complexity index is 364. The molecule has 96 valence electrons. The second kappa shape index (κ2) is 5.63. The van der Waals surface area contributed by atoms with Gasteiger partial charge in [0, 0.05) is 17.4 Å². The zero-order chi connectivity index (χ0) is 13.1. The van der Waals surface area contributed by atoms with Gasteiger partial charge < -0.3 is 5.32 Å². The van der Waals surface area contributed by atoms with E-state index in [2.05, 4.69) is 57.1 Å². The quantitative estimate of drug-likeness (QED) is 0.857. The van der Waals surface area contributed by atoms with Crippen LogP contribution in [0.2, 0.25) is 0 Å². The lowest BCUT2D eigenvalue weighted by Gasteiger charge is -2.33. The fourth-order valence-corrected chi connectivity index (χ4v) is 2.17. The van der Waals surface area contributed by atoms with E-state index in [1.54, 1.807) is 0 Å². The van der Waals surface area contributed by atoms with Gasteiger partial charge in [-0.05, 0) is 43.9 Å². The smallest absolute Gasteiger partial charge is 0.0423 e. The Morgan fingerprint density at radius 3 is 2.35 bits per heavy atom. The average molecular weight is 234 g/mol. The minimum absolute atomic E-state index is 0.205. The Kier molecular flexibility index (Phi) is 4.70. The summed E-state index contributed by atoms with van der Waals surface area (Å²) in [5.41, 5.74) is 3.77. The number of hydrogen-bond acceptors (Lipinski definition) is 2. The molecule has 0 aliphatic heterocycles. The highest BCUT2D eigenvalue weighted by atomic mass is 14.9. The van der Waals surface area contributed by atoms with Crippen molar-refractivity contribution in [3.8, 4) is 0 Å². The molecular weight excluding hydrogens is 208 g/mol. The molecule has 0 aliphatic rings. The zero-order valence-electron chi connectivity index (χ0n) is 12.1. The minimum Gasteiger partial charge on any atom is -0.309 e. The molecule has 0 saturated heterocycles. The molecule has 0 bridgehead atoms. The van der Waals surface area contributed by atoms with Crippen molar-refractivity contribution in [1.29, 1.82) is 0 Å². The van der Waals surface area contributed by atoms with E-state index in [4.69, 9.17) is 0 Å². The van der Waals surface area contributed by atoms with Crippen LogP contribution in [0.3, 0.4) is 0 Å². The second-order valence-corrected chi connectivity index (χ2v) is 5.88. The van der Waals surface area contributed by atoms with E-state index < -0.39 is 0 Å². The Hall–Kier alpha value is -0.890. The fraction of sp³-hybridized carbons (Fsp3) is 0.667. The summed E-state index contributed by atoms with van der Waals surface area (Å²) in [5.74, 6) is 0. The van der Waals surface area contributed by atoms with Gasteiger partial charge in [-0.1, -0.05) is 33.8 Å². The van der Waals surface area contributed by atoms with Gasteiger partial charge in [0.05, 0.1) is 0 Å². The summed E-state index contributed by atoms with van der Waals surface area (Å²) >= 11 is 0. The minimum atomic E-state index is 0.205. The summed E-state index contributed by atoms with van der Waals surface area (Å²) in [5, 5.41) is 3.65. The molecule has 0 aliphatic carbocycles. The molecule has 0 radical (unpaired) electrons. The van der Waals surface area contributed by atoms with Gasteiger partial charge in [-0.15, -0.1) is 0 Å². The van der Waals surface area contributed by atoms with Gasteiger partial charge in [0.1, 0.15) is 0 Å². The Morgan fingerprint density at radius 1 is 1.24 bits per heavy atom. The first kappa shape index (κ1) is 14.2. The lowest BCUT2D eigenvalue weighted by molar-refractivity contribution is 0.272. The largest absolute Gasteiger partial charge is 0.309 e. The molecule has 0 saturated carbocycles. The Morgan fingerprint density at radius 2 is 1.88 bits per heavy atom. The normalized spacial score (nSPS) is 13.8. The van der Waals surface area contributed by atoms with Crippen molar-refractivity contribution in [2.24, 2.45) is 5.41 Å². The van der Waals surface area contributed by atoms with Crippen LogP contribution in [-0.2, 0) is 0 Å². The van der Waals surface area contributed by atoms with E-state index in [-0.39, 0.29) is 5.41 Å². The lowest BCUT2D eigenvalue weighted by Crippen LogP contribution is -2.33. The van der Waals surface area contributed by atoms with Crippen molar-refractivity contribution < 1.29 is 0 Å². The maximum atomic E-state index is 4.58. The number of aryl methyl sites for hydroxylation is 2. The monoisotopic (exact) mass is 234 g/mol. The zero-order valence-corrected chi connectivity index (χ0v) is 12.1. The molecule has 0 spiro atoms. The van der Waals surface area contributed by atoms with E-state index in [1.165, 1.54) is 5.56 Å². The molecule has 1 N–H and O–H groups in total. The molecular formula is C15H26N2. The highest BCUT2D eigenvalue weighted by molar-refractivity contribution is 5.26. The van der Waals surface area contributed by atoms with Crippen LogP contribution in [0.15, 0.2) is 12.1 Å². The summed E-state index contributed by atoms with van der Waals surface area (Å²) in [7, 11) is 0.